The lowest BCUT2D eigenvalue weighted by Crippen LogP contribution is -2.28. The second-order valence-electron chi connectivity index (χ2n) is 6.98. The fourth-order valence-corrected chi connectivity index (χ4v) is 4.68. The fourth-order valence-electron chi connectivity index (χ4n) is 3.12. The Labute approximate surface area is 183 Å². The summed E-state index contributed by atoms with van der Waals surface area (Å²) in [5.74, 6) is 0. The number of nitrogens with two attached hydrogens (primary N) is 1. The maximum atomic E-state index is 11.8. The second-order valence-corrected chi connectivity index (χ2v) is 11.1. The molecule has 0 radical (unpaired) electrons. The molecule has 0 saturated heterocycles. The normalized spacial score (nSPS) is 13.9. The molecule has 0 aliphatic heterocycles. The van der Waals surface area contributed by atoms with Gasteiger partial charge in [-0.2, -0.15) is 0 Å². The molecule has 3 aromatic rings. The summed E-state index contributed by atoms with van der Waals surface area (Å²) >= 11 is 3.72. The molecule has 0 fully saturated rings. The highest BCUT2D eigenvalue weighted by molar-refractivity contribution is 14.1. The first-order valence-electron chi connectivity index (χ1n) is 8.60. The minimum Gasteiger partial charge on any atom is -0.375 e. The third-order valence-electron chi connectivity index (χ3n) is 4.92. The van der Waals surface area contributed by atoms with Crippen LogP contribution >= 0.6 is 33.9 Å². The Bertz CT molecular complexity index is 1060. The SMILES string of the molecule is CN(c1ccc(C(C)(Cc2ccc(I)cc2)c2csc(N)n2)cc1)S(C)(=O)=O. The number of nitrogen functional groups attached to an aromatic ring is 1. The molecule has 148 valence electrons. The van der Waals surface area contributed by atoms with E-state index >= 15 is 0 Å². The van der Waals surface area contributed by atoms with Crippen molar-refractivity contribution in [1.29, 1.82) is 0 Å². The molecule has 1 atom stereocenters. The van der Waals surface area contributed by atoms with Gasteiger partial charge in [-0.05, 0) is 71.3 Å². The third-order valence-corrected chi connectivity index (χ3v) is 7.52. The molecule has 0 amide bonds. The lowest BCUT2D eigenvalue weighted by Gasteiger charge is -2.29. The van der Waals surface area contributed by atoms with Gasteiger partial charge in [0.05, 0.1) is 17.6 Å². The van der Waals surface area contributed by atoms with Crippen molar-refractivity contribution in [3.63, 3.8) is 0 Å². The van der Waals surface area contributed by atoms with Crippen molar-refractivity contribution in [2.45, 2.75) is 18.8 Å². The molecule has 0 aliphatic carbocycles. The molecule has 0 aliphatic rings. The van der Waals surface area contributed by atoms with E-state index in [4.69, 9.17) is 5.73 Å². The average molecular weight is 527 g/mol. The van der Waals surface area contributed by atoms with Gasteiger partial charge in [-0.1, -0.05) is 24.3 Å². The van der Waals surface area contributed by atoms with Gasteiger partial charge in [0, 0.05) is 21.4 Å². The van der Waals surface area contributed by atoms with Crippen LogP contribution in [-0.2, 0) is 21.9 Å². The number of rotatable bonds is 6. The number of sulfonamides is 1. The minimum atomic E-state index is -3.30. The molecule has 1 unspecified atom stereocenters. The topological polar surface area (TPSA) is 76.3 Å². The maximum absolute atomic E-state index is 11.8. The maximum Gasteiger partial charge on any atom is 0.231 e. The van der Waals surface area contributed by atoms with Crippen LogP contribution in [0.3, 0.4) is 0 Å². The summed E-state index contributed by atoms with van der Waals surface area (Å²) in [5.41, 5.74) is 9.32. The highest BCUT2D eigenvalue weighted by atomic mass is 127. The summed E-state index contributed by atoms with van der Waals surface area (Å²) in [6.45, 7) is 2.15. The summed E-state index contributed by atoms with van der Waals surface area (Å²) < 4.78 is 26.1. The van der Waals surface area contributed by atoms with Crippen LogP contribution in [0.25, 0.3) is 0 Å². The fraction of sp³-hybridized carbons (Fsp3) is 0.250. The van der Waals surface area contributed by atoms with E-state index in [0.29, 0.717) is 10.8 Å². The number of halogens is 1. The Morgan fingerprint density at radius 3 is 2.25 bits per heavy atom. The molecule has 1 heterocycles. The third kappa shape index (κ3) is 4.49. The smallest absolute Gasteiger partial charge is 0.231 e. The summed E-state index contributed by atoms with van der Waals surface area (Å²) in [6, 6.07) is 16.0. The van der Waals surface area contributed by atoms with E-state index < -0.39 is 10.0 Å². The van der Waals surface area contributed by atoms with Crippen LogP contribution in [0.1, 0.15) is 23.7 Å². The number of aromatic nitrogens is 1. The standard InChI is InChI=1S/C20H22IN3O2S2/c1-20(18-13-27-19(22)23-18,12-14-4-8-16(21)9-5-14)15-6-10-17(11-7-15)24(2)28(3,25)26/h4-11,13H,12H2,1-3H3,(H2,22,23). The van der Waals surface area contributed by atoms with E-state index in [-0.39, 0.29) is 5.41 Å². The molecule has 3 rings (SSSR count). The monoisotopic (exact) mass is 527 g/mol. The van der Waals surface area contributed by atoms with E-state index in [9.17, 15) is 8.42 Å². The van der Waals surface area contributed by atoms with Crippen molar-refractivity contribution in [3.05, 3.63) is 74.3 Å². The highest BCUT2D eigenvalue weighted by Crippen LogP contribution is 2.37. The molecule has 0 saturated carbocycles. The summed E-state index contributed by atoms with van der Waals surface area (Å²) in [4.78, 5) is 4.56. The number of benzene rings is 2. The van der Waals surface area contributed by atoms with Crippen molar-refractivity contribution < 1.29 is 8.42 Å². The number of hydrogen-bond acceptors (Lipinski definition) is 5. The van der Waals surface area contributed by atoms with Crippen molar-refractivity contribution in [2.24, 2.45) is 0 Å². The highest BCUT2D eigenvalue weighted by Gasteiger charge is 2.32. The van der Waals surface area contributed by atoms with Crippen LogP contribution in [0.5, 0.6) is 0 Å². The van der Waals surface area contributed by atoms with Crippen molar-refractivity contribution >= 4 is 54.8 Å². The Kier molecular flexibility index (Phi) is 6.02. The average Bonchev–Trinajstić information content (AvgIpc) is 3.09. The Balaban J connectivity index is 2.03. The largest absolute Gasteiger partial charge is 0.375 e. The Morgan fingerprint density at radius 2 is 1.75 bits per heavy atom. The van der Waals surface area contributed by atoms with Gasteiger partial charge in [-0.15, -0.1) is 11.3 Å². The first-order chi connectivity index (χ1) is 13.1. The zero-order chi connectivity index (χ0) is 20.5. The van der Waals surface area contributed by atoms with Gasteiger partial charge in [-0.3, -0.25) is 4.31 Å². The number of anilines is 2. The molecule has 5 nitrogen and oxygen atoms in total. The van der Waals surface area contributed by atoms with Gasteiger partial charge < -0.3 is 5.73 Å². The van der Waals surface area contributed by atoms with E-state index in [1.54, 1.807) is 7.05 Å². The Morgan fingerprint density at radius 1 is 1.14 bits per heavy atom. The predicted molar refractivity (Wildman–Crippen MR) is 126 cm³/mol. The Hall–Kier alpha value is -1.65. The van der Waals surface area contributed by atoms with E-state index in [0.717, 1.165) is 17.7 Å². The predicted octanol–water partition coefficient (Wildman–Crippen LogP) is 4.27. The van der Waals surface area contributed by atoms with Crippen LogP contribution in [0, 0.1) is 3.57 Å². The molecule has 0 spiro atoms. The minimum absolute atomic E-state index is 0.386. The van der Waals surface area contributed by atoms with Gasteiger partial charge in [0.15, 0.2) is 5.13 Å². The van der Waals surface area contributed by atoms with E-state index in [2.05, 4.69) is 58.8 Å². The quantitative estimate of drug-likeness (QED) is 0.486. The van der Waals surface area contributed by atoms with Crippen molar-refractivity contribution in [1.82, 2.24) is 4.98 Å². The number of hydrogen-bond donors (Lipinski definition) is 1. The van der Waals surface area contributed by atoms with Gasteiger partial charge in [-0.25, -0.2) is 13.4 Å². The lowest BCUT2D eigenvalue weighted by atomic mass is 9.75. The molecule has 28 heavy (non-hydrogen) atoms. The van der Waals surface area contributed by atoms with Gasteiger partial charge in [0.25, 0.3) is 0 Å². The zero-order valence-corrected chi connectivity index (χ0v) is 19.7. The van der Waals surface area contributed by atoms with Crippen LogP contribution < -0.4 is 10.0 Å². The molecule has 1 aromatic heterocycles. The van der Waals surface area contributed by atoms with Crippen LogP contribution in [0.4, 0.5) is 10.8 Å². The van der Waals surface area contributed by atoms with Crippen LogP contribution in [-0.4, -0.2) is 26.7 Å². The van der Waals surface area contributed by atoms with E-state index in [1.165, 1.54) is 31.0 Å². The summed E-state index contributed by atoms with van der Waals surface area (Å²) in [6.07, 6.45) is 1.95. The molecule has 2 aromatic carbocycles. The molecule has 2 N–H and O–H groups in total. The molecular weight excluding hydrogens is 505 g/mol. The summed E-state index contributed by atoms with van der Waals surface area (Å²) in [5, 5.41) is 2.54. The van der Waals surface area contributed by atoms with E-state index in [1.807, 2.05) is 29.6 Å². The van der Waals surface area contributed by atoms with Crippen LogP contribution in [0.2, 0.25) is 0 Å². The molecular formula is C20H22IN3O2S2. The zero-order valence-electron chi connectivity index (χ0n) is 15.9. The van der Waals surface area contributed by atoms with Gasteiger partial charge in [0.1, 0.15) is 0 Å². The number of nitrogens with zero attached hydrogens (tertiary/aromatic N) is 2. The first-order valence-corrected chi connectivity index (χ1v) is 12.4. The second kappa shape index (κ2) is 8.00. The van der Waals surface area contributed by atoms with Crippen molar-refractivity contribution in [2.75, 3.05) is 23.3 Å². The van der Waals surface area contributed by atoms with Crippen molar-refractivity contribution in [3.8, 4) is 0 Å². The van der Waals surface area contributed by atoms with Crippen LogP contribution in [0.15, 0.2) is 53.9 Å². The van der Waals surface area contributed by atoms with Gasteiger partial charge >= 0.3 is 0 Å². The van der Waals surface area contributed by atoms with Gasteiger partial charge in [0.2, 0.25) is 10.0 Å². The molecule has 8 heteroatoms. The molecule has 0 bridgehead atoms. The lowest BCUT2D eigenvalue weighted by molar-refractivity contribution is 0.553. The number of thiazole rings is 1. The first kappa shape index (κ1) is 21.1. The summed E-state index contributed by atoms with van der Waals surface area (Å²) in [7, 11) is -1.75.